The zero-order valence-corrected chi connectivity index (χ0v) is 8.27. The lowest BCUT2D eigenvalue weighted by Crippen LogP contribution is -2.27. The Balaban J connectivity index is 4.06. The molecule has 0 aromatic rings. The second-order valence-electron chi connectivity index (χ2n) is 3.34. The summed E-state index contributed by atoms with van der Waals surface area (Å²) in [4.78, 5) is 0. The van der Waals surface area contributed by atoms with Gasteiger partial charge < -0.3 is 5.11 Å². The first kappa shape index (κ1) is 11.5. The fraction of sp³-hybridized carbons (Fsp3) is 0.727. The van der Waals surface area contributed by atoms with Crippen LogP contribution >= 0.6 is 0 Å². The lowest BCUT2D eigenvalue weighted by molar-refractivity contribution is 0.0243. The van der Waals surface area contributed by atoms with E-state index in [-0.39, 0.29) is 0 Å². The minimum atomic E-state index is -0.506. The summed E-state index contributed by atoms with van der Waals surface area (Å²) >= 11 is 0. The van der Waals surface area contributed by atoms with Gasteiger partial charge in [-0.25, -0.2) is 0 Å². The van der Waals surface area contributed by atoms with Crippen molar-refractivity contribution in [3.63, 3.8) is 0 Å². The van der Waals surface area contributed by atoms with Crippen molar-refractivity contribution in [1.29, 1.82) is 0 Å². The minimum absolute atomic E-state index is 0.506. The molecule has 0 aliphatic rings. The Morgan fingerprint density at radius 3 is 2.17 bits per heavy atom. The molecule has 1 nitrogen and oxygen atoms in total. The highest BCUT2D eigenvalue weighted by molar-refractivity contribution is 4.88. The van der Waals surface area contributed by atoms with Gasteiger partial charge in [-0.2, -0.15) is 0 Å². The van der Waals surface area contributed by atoms with Gasteiger partial charge in [-0.15, -0.1) is 5.73 Å². The summed E-state index contributed by atoms with van der Waals surface area (Å²) in [6.07, 6.45) is 6.32. The van der Waals surface area contributed by atoms with Crippen molar-refractivity contribution < 1.29 is 5.11 Å². The van der Waals surface area contributed by atoms with Gasteiger partial charge in [-0.1, -0.05) is 33.3 Å². The summed E-state index contributed by atoms with van der Waals surface area (Å²) in [7, 11) is 0. The Hall–Kier alpha value is -0.520. The quantitative estimate of drug-likeness (QED) is 0.604. The molecule has 12 heavy (non-hydrogen) atoms. The zero-order valence-electron chi connectivity index (χ0n) is 8.27. The third-order valence-corrected chi connectivity index (χ3v) is 2.06. The largest absolute Gasteiger partial charge is 0.390 e. The van der Waals surface area contributed by atoms with Gasteiger partial charge in [0.2, 0.25) is 0 Å². The average Bonchev–Trinajstić information content (AvgIpc) is 2.02. The third-order valence-electron chi connectivity index (χ3n) is 2.06. The Kier molecular flexibility index (Phi) is 5.79. The Labute approximate surface area is 75.8 Å². The molecule has 0 fully saturated rings. The molecule has 0 unspecified atom stereocenters. The van der Waals surface area contributed by atoms with Crippen LogP contribution < -0.4 is 0 Å². The summed E-state index contributed by atoms with van der Waals surface area (Å²) in [6, 6.07) is 0. The zero-order chi connectivity index (χ0) is 9.45. The SMILES string of the molecule is C=C=CCC(O)(CCC)CCC. The molecular weight excluding hydrogens is 148 g/mol. The van der Waals surface area contributed by atoms with Crippen molar-refractivity contribution in [2.24, 2.45) is 0 Å². The molecule has 0 radical (unpaired) electrons. The van der Waals surface area contributed by atoms with Crippen LogP contribution in [0.1, 0.15) is 46.0 Å². The topological polar surface area (TPSA) is 20.2 Å². The summed E-state index contributed by atoms with van der Waals surface area (Å²) < 4.78 is 0. The van der Waals surface area contributed by atoms with Crippen LogP contribution in [0.5, 0.6) is 0 Å². The van der Waals surface area contributed by atoms with Crippen LogP contribution in [0.25, 0.3) is 0 Å². The Bertz CT molecular complexity index is 148. The van der Waals surface area contributed by atoms with Crippen LogP contribution in [-0.4, -0.2) is 10.7 Å². The van der Waals surface area contributed by atoms with Gasteiger partial charge in [-0.05, 0) is 18.9 Å². The first-order chi connectivity index (χ1) is 5.68. The van der Waals surface area contributed by atoms with Crippen LogP contribution in [0.15, 0.2) is 18.4 Å². The van der Waals surface area contributed by atoms with E-state index in [2.05, 4.69) is 26.2 Å². The Morgan fingerprint density at radius 1 is 1.33 bits per heavy atom. The highest BCUT2D eigenvalue weighted by Crippen LogP contribution is 2.23. The molecule has 0 saturated carbocycles. The van der Waals surface area contributed by atoms with E-state index in [1.54, 1.807) is 0 Å². The van der Waals surface area contributed by atoms with Crippen LogP contribution in [0, 0.1) is 0 Å². The molecule has 0 amide bonds. The maximum absolute atomic E-state index is 10.0. The predicted octanol–water partition coefficient (Wildman–Crippen LogP) is 3.05. The van der Waals surface area contributed by atoms with Gasteiger partial charge >= 0.3 is 0 Å². The van der Waals surface area contributed by atoms with E-state index in [9.17, 15) is 5.11 Å². The number of aliphatic hydroxyl groups is 1. The molecule has 0 spiro atoms. The van der Waals surface area contributed by atoms with E-state index >= 15 is 0 Å². The smallest absolute Gasteiger partial charge is 0.0688 e. The molecule has 1 N–H and O–H groups in total. The van der Waals surface area contributed by atoms with Crippen LogP contribution in [0.4, 0.5) is 0 Å². The van der Waals surface area contributed by atoms with Gasteiger partial charge in [0, 0.05) is 6.42 Å². The lowest BCUT2D eigenvalue weighted by Gasteiger charge is -2.25. The molecule has 1 heteroatoms. The summed E-state index contributed by atoms with van der Waals surface area (Å²) in [5.74, 6) is 0. The van der Waals surface area contributed by atoms with Crippen molar-refractivity contribution in [2.75, 3.05) is 0 Å². The van der Waals surface area contributed by atoms with Crippen LogP contribution in [-0.2, 0) is 0 Å². The maximum atomic E-state index is 10.0. The molecule has 70 valence electrons. The first-order valence-corrected chi connectivity index (χ1v) is 4.75. The summed E-state index contributed by atoms with van der Waals surface area (Å²) in [6.45, 7) is 7.68. The van der Waals surface area contributed by atoms with Gasteiger partial charge in [0.05, 0.1) is 5.60 Å². The number of rotatable bonds is 6. The second kappa shape index (κ2) is 6.05. The lowest BCUT2D eigenvalue weighted by atomic mass is 9.89. The minimum Gasteiger partial charge on any atom is -0.390 e. The maximum Gasteiger partial charge on any atom is 0.0688 e. The molecule has 0 aromatic carbocycles. The molecule has 0 bridgehead atoms. The second-order valence-corrected chi connectivity index (χ2v) is 3.34. The van der Waals surface area contributed by atoms with Gasteiger partial charge in [0.1, 0.15) is 0 Å². The van der Waals surface area contributed by atoms with E-state index in [0.717, 1.165) is 25.7 Å². The fourth-order valence-corrected chi connectivity index (χ4v) is 1.52. The highest BCUT2D eigenvalue weighted by atomic mass is 16.3. The molecule has 0 aliphatic carbocycles. The van der Waals surface area contributed by atoms with E-state index in [4.69, 9.17) is 0 Å². The van der Waals surface area contributed by atoms with Crippen molar-refractivity contribution in [3.8, 4) is 0 Å². The van der Waals surface area contributed by atoms with Gasteiger partial charge in [0.25, 0.3) is 0 Å². The molecule has 0 aliphatic heterocycles. The van der Waals surface area contributed by atoms with Crippen molar-refractivity contribution in [2.45, 2.75) is 51.6 Å². The van der Waals surface area contributed by atoms with E-state index < -0.39 is 5.60 Å². The molecule has 0 heterocycles. The summed E-state index contributed by atoms with van der Waals surface area (Å²) in [5.41, 5.74) is 2.20. The summed E-state index contributed by atoms with van der Waals surface area (Å²) in [5, 5.41) is 10.0. The van der Waals surface area contributed by atoms with E-state index in [1.807, 2.05) is 6.08 Å². The third kappa shape index (κ3) is 4.38. The molecule has 0 rings (SSSR count). The molecule has 0 saturated heterocycles. The van der Waals surface area contributed by atoms with E-state index in [0.29, 0.717) is 6.42 Å². The number of hydrogen-bond acceptors (Lipinski definition) is 1. The standard InChI is InChI=1S/C11H20O/c1-4-7-10-11(12,8-5-2)9-6-3/h7,12H,1,5-6,8-10H2,2-3H3. The van der Waals surface area contributed by atoms with Crippen molar-refractivity contribution in [3.05, 3.63) is 18.4 Å². The van der Waals surface area contributed by atoms with Crippen molar-refractivity contribution in [1.82, 2.24) is 0 Å². The molecular formula is C11H20O. The highest BCUT2D eigenvalue weighted by Gasteiger charge is 2.22. The number of hydrogen-bond donors (Lipinski definition) is 1. The Morgan fingerprint density at radius 2 is 1.83 bits per heavy atom. The van der Waals surface area contributed by atoms with Crippen molar-refractivity contribution >= 4 is 0 Å². The van der Waals surface area contributed by atoms with E-state index in [1.165, 1.54) is 0 Å². The normalized spacial score (nSPS) is 10.9. The fourth-order valence-electron chi connectivity index (χ4n) is 1.52. The van der Waals surface area contributed by atoms with Crippen LogP contribution in [0.3, 0.4) is 0 Å². The average molecular weight is 168 g/mol. The van der Waals surface area contributed by atoms with Gasteiger partial charge in [-0.3, -0.25) is 0 Å². The first-order valence-electron chi connectivity index (χ1n) is 4.75. The monoisotopic (exact) mass is 168 g/mol. The van der Waals surface area contributed by atoms with Crippen LogP contribution in [0.2, 0.25) is 0 Å². The van der Waals surface area contributed by atoms with Gasteiger partial charge in [0.15, 0.2) is 0 Å². The molecule has 0 atom stereocenters. The molecule has 0 aromatic heterocycles. The predicted molar refractivity (Wildman–Crippen MR) is 53.1 cm³/mol.